The maximum atomic E-state index is 13.5. The number of nitrogens with zero attached hydrogens (tertiary/aromatic N) is 6. The van der Waals surface area contributed by atoms with Gasteiger partial charge in [-0.25, -0.2) is 4.79 Å². The average Bonchev–Trinajstić information content (AvgIpc) is 3.31. The Balaban J connectivity index is 1.66. The van der Waals surface area contributed by atoms with Crippen molar-refractivity contribution in [3.05, 3.63) is 86.1 Å². The van der Waals surface area contributed by atoms with E-state index in [1.165, 1.54) is 7.05 Å². The Morgan fingerprint density at radius 3 is 2.61 bits per heavy atom. The van der Waals surface area contributed by atoms with Crippen LogP contribution in [-0.4, -0.2) is 44.9 Å². The molecule has 0 amide bonds. The molecule has 0 spiro atoms. The average molecular weight is 514 g/mol. The van der Waals surface area contributed by atoms with Gasteiger partial charge in [-0.3, -0.25) is 18.5 Å². The Labute approximate surface area is 220 Å². The van der Waals surface area contributed by atoms with Crippen LogP contribution in [0.3, 0.4) is 0 Å². The quantitative estimate of drug-likeness (QED) is 0.401. The lowest BCUT2D eigenvalue weighted by molar-refractivity contribution is 0.414. The molecule has 0 saturated carbocycles. The number of aromatic nitrogens is 4. The van der Waals surface area contributed by atoms with Gasteiger partial charge in [0.25, 0.3) is 5.56 Å². The summed E-state index contributed by atoms with van der Waals surface area (Å²) in [5, 5.41) is 9.68. The number of hydrogen-bond donors (Lipinski definition) is 1. The van der Waals surface area contributed by atoms with Crippen LogP contribution >= 0.6 is 0 Å². The summed E-state index contributed by atoms with van der Waals surface area (Å²) in [4.78, 5) is 33.8. The van der Waals surface area contributed by atoms with Gasteiger partial charge in [0.05, 0.1) is 25.3 Å². The first kappa shape index (κ1) is 25.3. The van der Waals surface area contributed by atoms with Crippen molar-refractivity contribution in [1.82, 2.24) is 18.7 Å². The van der Waals surface area contributed by atoms with Gasteiger partial charge in [-0.1, -0.05) is 30.3 Å². The van der Waals surface area contributed by atoms with Gasteiger partial charge in [0.2, 0.25) is 5.95 Å². The molecule has 38 heavy (non-hydrogen) atoms. The van der Waals surface area contributed by atoms with Gasteiger partial charge in [0, 0.05) is 32.7 Å². The predicted molar refractivity (Wildman–Crippen MR) is 146 cm³/mol. The molecule has 0 bridgehead atoms. The van der Waals surface area contributed by atoms with Crippen LogP contribution in [0.5, 0.6) is 5.75 Å². The molecule has 3 heterocycles. The minimum Gasteiger partial charge on any atom is -0.497 e. The summed E-state index contributed by atoms with van der Waals surface area (Å²) < 4.78 is 9.79. The van der Waals surface area contributed by atoms with Crippen LogP contribution < -0.4 is 26.6 Å². The van der Waals surface area contributed by atoms with Crippen LogP contribution in [-0.2, 0) is 26.6 Å². The standard InChI is InChI=1S/C28H31N7O3/c1-32-26(36)24-25(34(28(32)37)15-13-19-9-11-23(38-2)12-10-19)31-27(33-14-5-8-22(30)18-33)35(24)17-21-7-4-3-6-20(21)16-29/h3-4,6-7,9-12,22H,5,8,13-15,17-18,30H2,1-2H3. The van der Waals surface area contributed by atoms with Crippen LogP contribution in [0.15, 0.2) is 58.1 Å². The van der Waals surface area contributed by atoms with Crippen LogP contribution in [0.1, 0.15) is 29.5 Å². The first-order valence-corrected chi connectivity index (χ1v) is 12.7. The van der Waals surface area contributed by atoms with Crippen LogP contribution in [0.2, 0.25) is 0 Å². The number of nitrogens with two attached hydrogens (primary N) is 1. The monoisotopic (exact) mass is 513 g/mol. The van der Waals surface area contributed by atoms with Crippen molar-refractivity contribution >= 4 is 17.1 Å². The zero-order valence-corrected chi connectivity index (χ0v) is 21.6. The Morgan fingerprint density at radius 2 is 1.89 bits per heavy atom. The van der Waals surface area contributed by atoms with Crippen molar-refractivity contribution in [2.75, 3.05) is 25.1 Å². The van der Waals surface area contributed by atoms with Gasteiger partial charge in [-0.15, -0.1) is 0 Å². The number of imidazole rings is 1. The van der Waals surface area contributed by atoms with Crippen molar-refractivity contribution in [2.24, 2.45) is 12.8 Å². The number of benzene rings is 2. The number of ether oxygens (including phenoxy) is 1. The van der Waals surface area contributed by atoms with Crippen molar-refractivity contribution in [2.45, 2.75) is 38.4 Å². The molecule has 1 saturated heterocycles. The van der Waals surface area contributed by atoms with E-state index in [1.54, 1.807) is 17.7 Å². The molecule has 2 aromatic heterocycles. The fourth-order valence-corrected chi connectivity index (χ4v) is 5.10. The number of anilines is 1. The normalized spacial score (nSPS) is 15.5. The smallest absolute Gasteiger partial charge is 0.332 e. The highest BCUT2D eigenvalue weighted by molar-refractivity contribution is 5.75. The third kappa shape index (κ3) is 4.68. The summed E-state index contributed by atoms with van der Waals surface area (Å²) >= 11 is 0. The fourth-order valence-electron chi connectivity index (χ4n) is 5.10. The van der Waals surface area contributed by atoms with Gasteiger partial charge >= 0.3 is 5.69 Å². The number of nitriles is 1. The molecule has 2 aromatic carbocycles. The first-order valence-electron chi connectivity index (χ1n) is 12.7. The van der Waals surface area contributed by atoms with E-state index >= 15 is 0 Å². The third-order valence-electron chi connectivity index (χ3n) is 7.20. The molecule has 2 N–H and O–H groups in total. The predicted octanol–water partition coefficient (Wildman–Crippen LogP) is 2.00. The van der Waals surface area contributed by atoms with Crippen molar-refractivity contribution in [3.63, 3.8) is 0 Å². The maximum absolute atomic E-state index is 13.5. The molecule has 1 unspecified atom stereocenters. The highest BCUT2D eigenvalue weighted by Crippen LogP contribution is 2.25. The third-order valence-corrected chi connectivity index (χ3v) is 7.20. The molecule has 1 aliphatic heterocycles. The first-order chi connectivity index (χ1) is 18.4. The summed E-state index contributed by atoms with van der Waals surface area (Å²) in [6, 6.07) is 17.2. The topological polar surface area (TPSA) is 124 Å². The van der Waals surface area contributed by atoms with E-state index < -0.39 is 11.2 Å². The molecular formula is C28H31N7O3. The van der Waals surface area contributed by atoms with Crippen LogP contribution in [0, 0.1) is 11.3 Å². The van der Waals surface area contributed by atoms with Gasteiger partial charge < -0.3 is 15.4 Å². The second kappa shape index (κ2) is 10.6. The number of rotatable bonds is 7. The number of aryl methyl sites for hydroxylation is 2. The van der Waals surface area contributed by atoms with E-state index in [0.717, 1.165) is 40.8 Å². The van der Waals surface area contributed by atoms with E-state index in [-0.39, 0.29) is 12.6 Å². The number of hydrogen-bond acceptors (Lipinski definition) is 7. The zero-order valence-electron chi connectivity index (χ0n) is 21.6. The van der Waals surface area contributed by atoms with E-state index in [4.69, 9.17) is 15.5 Å². The SMILES string of the molecule is COc1ccc(CCn2c(=O)n(C)c(=O)c3c2nc(N2CCCC(N)C2)n3Cc2ccccc2C#N)cc1. The molecule has 1 aliphatic rings. The van der Waals surface area contributed by atoms with Gasteiger partial charge in [0.15, 0.2) is 11.2 Å². The Bertz CT molecular complexity index is 1630. The molecule has 0 aliphatic carbocycles. The number of piperidine rings is 1. The van der Waals surface area contributed by atoms with Gasteiger partial charge in [0.1, 0.15) is 5.75 Å². The Kier molecular flexibility index (Phi) is 7.03. The van der Waals surface area contributed by atoms with Crippen molar-refractivity contribution in [3.8, 4) is 11.8 Å². The molecule has 5 rings (SSSR count). The summed E-state index contributed by atoms with van der Waals surface area (Å²) in [6.45, 7) is 1.96. The molecule has 0 radical (unpaired) electrons. The molecule has 196 valence electrons. The maximum Gasteiger partial charge on any atom is 0.332 e. The van der Waals surface area contributed by atoms with E-state index in [9.17, 15) is 14.9 Å². The number of fused-ring (bicyclic) bond motifs is 1. The summed E-state index contributed by atoms with van der Waals surface area (Å²) in [5.41, 5.74) is 8.47. The Morgan fingerprint density at radius 1 is 1.13 bits per heavy atom. The molecule has 10 heteroatoms. The summed E-state index contributed by atoms with van der Waals surface area (Å²) in [7, 11) is 3.11. The largest absolute Gasteiger partial charge is 0.497 e. The molecule has 1 atom stereocenters. The second-order valence-corrected chi connectivity index (χ2v) is 9.68. The Hall–Kier alpha value is -4.36. The minimum atomic E-state index is -0.417. The fraction of sp³-hybridized carbons (Fsp3) is 0.357. The van der Waals surface area contributed by atoms with E-state index in [1.807, 2.05) is 47.0 Å². The minimum absolute atomic E-state index is 0.0106. The van der Waals surface area contributed by atoms with Crippen LogP contribution in [0.4, 0.5) is 5.95 Å². The van der Waals surface area contributed by atoms with E-state index in [0.29, 0.717) is 42.2 Å². The van der Waals surface area contributed by atoms with Crippen molar-refractivity contribution < 1.29 is 4.74 Å². The molecular weight excluding hydrogens is 482 g/mol. The lowest BCUT2D eigenvalue weighted by Crippen LogP contribution is -2.44. The van der Waals surface area contributed by atoms with Crippen molar-refractivity contribution in [1.29, 1.82) is 5.26 Å². The van der Waals surface area contributed by atoms with Gasteiger partial charge in [-0.2, -0.15) is 10.2 Å². The summed E-state index contributed by atoms with van der Waals surface area (Å²) in [6.07, 6.45) is 2.40. The molecule has 4 aromatic rings. The van der Waals surface area contributed by atoms with Crippen LogP contribution in [0.25, 0.3) is 11.2 Å². The highest BCUT2D eigenvalue weighted by Gasteiger charge is 2.27. The van der Waals surface area contributed by atoms with Gasteiger partial charge in [-0.05, 0) is 48.6 Å². The highest BCUT2D eigenvalue weighted by atomic mass is 16.5. The molecule has 1 fully saturated rings. The van der Waals surface area contributed by atoms with E-state index in [2.05, 4.69) is 11.0 Å². The summed E-state index contributed by atoms with van der Waals surface area (Å²) in [5.74, 6) is 1.35. The molecule has 10 nitrogen and oxygen atoms in total. The second-order valence-electron chi connectivity index (χ2n) is 9.68. The lowest BCUT2D eigenvalue weighted by Gasteiger charge is -2.32. The zero-order chi connectivity index (χ0) is 26.8. The number of methoxy groups -OCH3 is 1. The lowest BCUT2D eigenvalue weighted by atomic mass is 10.1.